The molecule has 18 heavy (non-hydrogen) atoms. The van der Waals surface area contributed by atoms with E-state index in [0.717, 1.165) is 24.5 Å². The summed E-state index contributed by atoms with van der Waals surface area (Å²) in [4.78, 5) is 15.6. The zero-order chi connectivity index (χ0) is 13.4. The quantitative estimate of drug-likeness (QED) is 0.719. The fourth-order valence-corrected chi connectivity index (χ4v) is 2.04. The Kier molecular flexibility index (Phi) is 6.65. The van der Waals surface area contributed by atoms with E-state index in [1.54, 1.807) is 4.57 Å². The first kappa shape index (κ1) is 14.9. The van der Waals surface area contributed by atoms with Crippen molar-refractivity contribution >= 4 is 0 Å². The second kappa shape index (κ2) is 8.03. The molecule has 0 bridgehead atoms. The van der Waals surface area contributed by atoms with E-state index >= 15 is 0 Å². The molecular formula is C14H25N3O. The lowest BCUT2D eigenvalue weighted by molar-refractivity contribution is 0.541. The molecule has 0 radical (unpaired) electrons. The first-order valence-electron chi connectivity index (χ1n) is 6.91. The zero-order valence-corrected chi connectivity index (χ0v) is 11.8. The van der Waals surface area contributed by atoms with Crippen LogP contribution in [0.25, 0.3) is 0 Å². The van der Waals surface area contributed by atoms with Gasteiger partial charge in [-0.1, -0.05) is 26.2 Å². The van der Waals surface area contributed by atoms with Gasteiger partial charge in [-0.3, -0.25) is 4.57 Å². The summed E-state index contributed by atoms with van der Waals surface area (Å²) in [6, 6.07) is 1.95. The zero-order valence-electron chi connectivity index (χ0n) is 11.8. The summed E-state index contributed by atoms with van der Waals surface area (Å²) < 4.78 is 1.73. The largest absolute Gasteiger partial charge is 0.347 e. The second-order valence-electron chi connectivity index (χ2n) is 4.78. The Morgan fingerprint density at radius 2 is 2.00 bits per heavy atom. The molecule has 0 saturated carbocycles. The van der Waals surface area contributed by atoms with Crippen molar-refractivity contribution in [3.05, 3.63) is 27.9 Å². The van der Waals surface area contributed by atoms with Crippen LogP contribution in [-0.2, 0) is 6.54 Å². The average molecular weight is 251 g/mol. The van der Waals surface area contributed by atoms with Gasteiger partial charge < -0.3 is 5.32 Å². The van der Waals surface area contributed by atoms with Gasteiger partial charge in [-0.2, -0.15) is 4.98 Å². The van der Waals surface area contributed by atoms with Gasteiger partial charge in [0.15, 0.2) is 0 Å². The van der Waals surface area contributed by atoms with E-state index in [1.807, 2.05) is 19.9 Å². The van der Waals surface area contributed by atoms with E-state index in [0.29, 0.717) is 6.54 Å². The van der Waals surface area contributed by atoms with Crippen molar-refractivity contribution in [3.8, 4) is 0 Å². The van der Waals surface area contributed by atoms with Crippen LogP contribution in [0.15, 0.2) is 10.9 Å². The van der Waals surface area contributed by atoms with Crippen LogP contribution >= 0.6 is 0 Å². The minimum atomic E-state index is -0.139. The highest BCUT2D eigenvalue weighted by atomic mass is 16.1. The molecule has 0 aliphatic heterocycles. The molecule has 1 heterocycles. The molecule has 1 aromatic rings. The topological polar surface area (TPSA) is 46.9 Å². The number of unbranched alkanes of at least 4 members (excludes halogenated alkanes) is 3. The number of hydrogen-bond acceptors (Lipinski definition) is 3. The van der Waals surface area contributed by atoms with Crippen molar-refractivity contribution in [2.24, 2.45) is 0 Å². The number of hydrogen-bond donors (Lipinski definition) is 1. The number of aromatic nitrogens is 2. The van der Waals surface area contributed by atoms with Gasteiger partial charge in [0.1, 0.15) is 0 Å². The van der Waals surface area contributed by atoms with Gasteiger partial charge in [-0.25, -0.2) is 4.79 Å². The van der Waals surface area contributed by atoms with Crippen LogP contribution in [0.3, 0.4) is 0 Å². The third-order valence-electron chi connectivity index (χ3n) is 3.07. The molecule has 0 amide bonds. The average Bonchev–Trinajstić information content (AvgIpc) is 2.30. The first-order chi connectivity index (χ1) is 8.65. The van der Waals surface area contributed by atoms with Gasteiger partial charge in [0.2, 0.25) is 0 Å². The molecule has 4 heteroatoms. The normalized spacial score (nSPS) is 10.8. The van der Waals surface area contributed by atoms with E-state index in [9.17, 15) is 4.79 Å². The molecule has 0 aliphatic carbocycles. The third kappa shape index (κ3) is 5.00. The van der Waals surface area contributed by atoms with Crippen molar-refractivity contribution in [1.82, 2.24) is 14.9 Å². The van der Waals surface area contributed by atoms with Crippen LogP contribution in [0, 0.1) is 13.8 Å². The Morgan fingerprint density at radius 3 is 2.67 bits per heavy atom. The summed E-state index contributed by atoms with van der Waals surface area (Å²) in [7, 11) is 0. The SMILES string of the molecule is CCCCCCNCCn1c(C)cc(C)nc1=O. The third-order valence-corrected chi connectivity index (χ3v) is 3.07. The highest BCUT2D eigenvalue weighted by Gasteiger charge is 2.01. The molecule has 0 fully saturated rings. The maximum Gasteiger partial charge on any atom is 0.347 e. The molecule has 0 spiro atoms. The summed E-state index contributed by atoms with van der Waals surface area (Å²) in [5.74, 6) is 0. The molecule has 102 valence electrons. The maximum atomic E-state index is 11.7. The van der Waals surface area contributed by atoms with Gasteiger partial charge in [-0.05, 0) is 32.9 Å². The lowest BCUT2D eigenvalue weighted by atomic mass is 10.2. The van der Waals surface area contributed by atoms with Crippen LogP contribution in [0.2, 0.25) is 0 Å². The van der Waals surface area contributed by atoms with Crippen molar-refractivity contribution in [2.45, 2.75) is 53.0 Å². The predicted molar refractivity (Wildman–Crippen MR) is 75.0 cm³/mol. The van der Waals surface area contributed by atoms with E-state index in [4.69, 9.17) is 0 Å². The summed E-state index contributed by atoms with van der Waals surface area (Å²) in [6.45, 7) is 8.59. The molecule has 0 aromatic carbocycles. The van der Waals surface area contributed by atoms with Gasteiger partial charge in [0.05, 0.1) is 0 Å². The monoisotopic (exact) mass is 251 g/mol. The fourth-order valence-electron chi connectivity index (χ4n) is 2.04. The first-order valence-corrected chi connectivity index (χ1v) is 6.91. The van der Waals surface area contributed by atoms with Gasteiger partial charge in [-0.15, -0.1) is 0 Å². The van der Waals surface area contributed by atoms with Crippen LogP contribution < -0.4 is 11.0 Å². The fraction of sp³-hybridized carbons (Fsp3) is 0.714. The molecule has 4 nitrogen and oxygen atoms in total. The van der Waals surface area contributed by atoms with Crippen molar-refractivity contribution in [3.63, 3.8) is 0 Å². The maximum absolute atomic E-state index is 11.7. The lowest BCUT2D eigenvalue weighted by Gasteiger charge is -2.10. The van der Waals surface area contributed by atoms with E-state index < -0.39 is 0 Å². The standard InChI is InChI=1S/C14H25N3O/c1-4-5-6-7-8-15-9-10-17-13(3)11-12(2)16-14(17)18/h11,15H,4-10H2,1-3H3. The highest BCUT2D eigenvalue weighted by Crippen LogP contribution is 1.98. The van der Waals surface area contributed by atoms with Crippen molar-refractivity contribution in [1.29, 1.82) is 0 Å². The van der Waals surface area contributed by atoms with Crippen LogP contribution in [0.4, 0.5) is 0 Å². The summed E-state index contributed by atoms with van der Waals surface area (Å²) in [5, 5.41) is 3.37. The molecule has 0 atom stereocenters. The van der Waals surface area contributed by atoms with Crippen LogP contribution in [0.1, 0.15) is 44.0 Å². The predicted octanol–water partition coefficient (Wildman–Crippen LogP) is 2.03. The summed E-state index contributed by atoms with van der Waals surface area (Å²) >= 11 is 0. The van der Waals surface area contributed by atoms with Crippen LogP contribution in [-0.4, -0.2) is 22.6 Å². The molecule has 1 rings (SSSR count). The second-order valence-corrected chi connectivity index (χ2v) is 4.78. The molecule has 1 aromatic heterocycles. The van der Waals surface area contributed by atoms with Crippen molar-refractivity contribution < 1.29 is 0 Å². The minimum Gasteiger partial charge on any atom is -0.315 e. The molecular weight excluding hydrogens is 226 g/mol. The van der Waals surface area contributed by atoms with Crippen molar-refractivity contribution in [2.75, 3.05) is 13.1 Å². The Hall–Kier alpha value is -1.16. The van der Waals surface area contributed by atoms with Crippen LogP contribution in [0.5, 0.6) is 0 Å². The van der Waals surface area contributed by atoms with Gasteiger partial charge in [0, 0.05) is 24.5 Å². The van der Waals surface area contributed by atoms with E-state index in [-0.39, 0.29) is 5.69 Å². The Bertz CT molecular complexity index is 412. The number of nitrogens with zero attached hydrogens (tertiary/aromatic N) is 2. The van der Waals surface area contributed by atoms with E-state index in [2.05, 4.69) is 17.2 Å². The lowest BCUT2D eigenvalue weighted by Crippen LogP contribution is -2.30. The van der Waals surface area contributed by atoms with Gasteiger partial charge in [0.25, 0.3) is 0 Å². The number of rotatable bonds is 8. The number of aryl methyl sites for hydroxylation is 2. The minimum absolute atomic E-state index is 0.139. The molecule has 0 unspecified atom stereocenters. The Labute approximate surface area is 109 Å². The number of nitrogens with one attached hydrogen (secondary N) is 1. The van der Waals surface area contributed by atoms with Gasteiger partial charge >= 0.3 is 5.69 Å². The molecule has 1 N–H and O–H groups in total. The Balaban J connectivity index is 2.30. The summed E-state index contributed by atoms with van der Waals surface area (Å²) in [6.07, 6.45) is 5.08. The highest BCUT2D eigenvalue weighted by molar-refractivity contribution is 5.06. The molecule has 0 aliphatic rings. The Morgan fingerprint density at radius 1 is 1.22 bits per heavy atom. The summed E-state index contributed by atoms with van der Waals surface area (Å²) in [5.41, 5.74) is 1.64. The smallest absolute Gasteiger partial charge is 0.315 e. The molecule has 0 saturated heterocycles. The van der Waals surface area contributed by atoms with E-state index in [1.165, 1.54) is 25.7 Å².